The Balaban J connectivity index is 1.20. The van der Waals surface area contributed by atoms with Crippen LogP contribution in [0.3, 0.4) is 0 Å². The fraction of sp³-hybridized carbons (Fsp3) is 0.433. The third kappa shape index (κ3) is 7.11. The molecule has 11 nitrogen and oxygen atoms in total. The summed E-state index contributed by atoms with van der Waals surface area (Å²) >= 11 is 1.70. The number of carbonyl (C=O) groups is 2. The molecule has 0 atom stereocenters. The van der Waals surface area contributed by atoms with E-state index in [0.717, 1.165) is 61.8 Å². The summed E-state index contributed by atoms with van der Waals surface area (Å²) in [6, 6.07) is 11.4. The Morgan fingerprint density at radius 3 is 2.36 bits per heavy atom. The van der Waals surface area contributed by atoms with Gasteiger partial charge in [-0.2, -0.15) is 16.7 Å². The van der Waals surface area contributed by atoms with Crippen LogP contribution in [0.5, 0.6) is 0 Å². The molecular formula is C30H38N8O3S. The summed E-state index contributed by atoms with van der Waals surface area (Å²) in [5.74, 6) is 1.48. The minimum atomic E-state index is -0.108. The lowest BCUT2D eigenvalue weighted by Gasteiger charge is -2.36. The van der Waals surface area contributed by atoms with Gasteiger partial charge in [0.1, 0.15) is 5.65 Å². The van der Waals surface area contributed by atoms with Crippen LogP contribution in [0.15, 0.2) is 60.0 Å². The highest BCUT2D eigenvalue weighted by Crippen LogP contribution is 2.22. The second-order valence-corrected chi connectivity index (χ2v) is 11.4. The van der Waals surface area contributed by atoms with E-state index in [0.29, 0.717) is 44.2 Å². The van der Waals surface area contributed by atoms with Gasteiger partial charge in [0.15, 0.2) is 0 Å². The topological polar surface area (TPSA) is 107 Å². The van der Waals surface area contributed by atoms with Gasteiger partial charge < -0.3 is 20.0 Å². The van der Waals surface area contributed by atoms with Crippen LogP contribution < -0.4 is 15.8 Å². The average molecular weight is 591 g/mol. The molecule has 2 aliphatic heterocycles. The molecule has 222 valence electrons. The summed E-state index contributed by atoms with van der Waals surface area (Å²) in [7, 11) is 0. The molecule has 12 heteroatoms. The van der Waals surface area contributed by atoms with Crippen molar-refractivity contribution < 1.29 is 9.59 Å². The van der Waals surface area contributed by atoms with E-state index in [4.69, 9.17) is 4.98 Å². The molecule has 1 N–H and O–H groups in total. The fourth-order valence-electron chi connectivity index (χ4n) is 5.36. The normalized spacial score (nSPS) is 16.1. The van der Waals surface area contributed by atoms with Gasteiger partial charge in [0.05, 0.1) is 0 Å². The Hall–Kier alpha value is -3.90. The Morgan fingerprint density at radius 1 is 0.952 bits per heavy atom. The van der Waals surface area contributed by atoms with Gasteiger partial charge in [0.25, 0.3) is 5.56 Å². The molecule has 0 aliphatic carbocycles. The third-order valence-corrected chi connectivity index (χ3v) is 8.47. The average Bonchev–Trinajstić information content (AvgIpc) is 3.03. The Bertz CT molecular complexity index is 1460. The van der Waals surface area contributed by atoms with Gasteiger partial charge in [0, 0.05) is 107 Å². The van der Waals surface area contributed by atoms with Crippen LogP contribution >= 0.6 is 11.8 Å². The molecule has 0 spiro atoms. The fourth-order valence-corrected chi connectivity index (χ4v) is 5.73. The number of anilines is 3. The summed E-state index contributed by atoms with van der Waals surface area (Å²) in [6.45, 7) is 10.7. The van der Waals surface area contributed by atoms with Gasteiger partial charge in [-0.25, -0.2) is 4.98 Å². The predicted octanol–water partition coefficient (Wildman–Crippen LogP) is 2.27. The summed E-state index contributed by atoms with van der Waals surface area (Å²) in [5, 5.41) is 4.07. The van der Waals surface area contributed by atoms with Gasteiger partial charge in [0.2, 0.25) is 17.8 Å². The molecule has 2 saturated heterocycles. The Kier molecular flexibility index (Phi) is 9.75. The minimum Gasteiger partial charge on any atom is -0.368 e. The van der Waals surface area contributed by atoms with Crippen molar-refractivity contribution >= 4 is 51.9 Å². The molecule has 2 amide bonds. The van der Waals surface area contributed by atoms with E-state index < -0.39 is 0 Å². The van der Waals surface area contributed by atoms with Crippen molar-refractivity contribution in [3.8, 4) is 0 Å². The van der Waals surface area contributed by atoms with Crippen LogP contribution in [-0.2, 0) is 16.1 Å². The van der Waals surface area contributed by atoms with E-state index in [1.807, 2.05) is 23.3 Å². The summed E-state index contributed by atoms with van der Waals surface area (Å²) < 4.78 is 1.69. The zero-order valence-corrected chi connectivity index (χ0v) is 24.9. The Labute approximate surface area is 250 Å². The smallest absolute Gasteiger partial charge is 0.252 e. The maximum atomic E-state index is 12.8. The number of benzene rings is 1. The zero-order chi connectivity index (χ0) is 29.5. The number of nitrogens with zero attached hydrogens (tertiary/aromatic N) is 7. The van der Waals surface area contributed by atoms with Crippen molar-refractivity contribution in [3.63, 3.8) is 0 Å². The molecule has 0 unspecified atom stereocenters. The summed E-state index contributed by atoms with van der Waals surface area (Å²) in [5.41, 5.74) is 2.44. The molecule has 4 heterocycles. The van der Waals surface area contributed by atoms with Crippen molar-refractivity contribution in [1.82, 2.24) is 29.2 Å². The lowest BCUT2D eigenvalue weighted by atomic mass is 10.2. The van der Waals surface area contributed by atoms with Gasteiger partial charge >= 0.3 is 0 Å². The first kappa shape index (κ1) is 29.6. The van der Waals surface area contributed by atoms with E-state index in [9.17, 15) is 14.4 Å². The number of nitrogens with one attached hydrogen (secondary N) is 1. The first-order valence-corrected chi connectivity index (χ1v) is 15.7. The quantitative estimate of drug-likeness (QED) is 0.356. The molecule has 0 saturated carbocycles. The predicted molar refractivity (Wildman–Crippen MR) is 169 cm³/mol. The first-order chi connectivity index (χ1) is 20.4. The second kappa shape index (κ2) is 13.8. The van der Waals surface area contributed by atoms with Gasteiger partial charge in [-0.15, -0.1) is 0 Å². The number of fused-ring (bicyclic) bond motifs is 1. The number of rotatable bonds is 10. The van der Waals surface area contributed by atoms with E-state index in [2.05, 4.69) is 38.8 Å². The summed E-state index contributed by atoms with van der Waals surface area (Å²) in [6.07, 6.45) is 5.71. The number of hydrogen-bond acceptors (Lipinski definition) is 9. The highest BCUT2D eigenvalue weighted by Gasteiger charge is 2.21. The van der Waals surface area contributed by atoms with Crippen LogP contribution in [0.1, 0.15) is 6.42 Å². The molecule has 1 aromatic carbocycles. The highest BCUT2D eigenvalue weighted by atomic mass is 32.2. The molecule has 3 aromatic rings. The van der Waals surface area contributed by atoms with Crippen molar-refractivity contribution in [2.24, 2.45) is 0 Å². The lowest BCUT2D eigenvalue weighted by molar-refractivity contribution is -0.131. The monoisotopic (exact) mass is 590 g/mol. The molecule has 2 fully saturated rings. The number of amides is 2. The van der Waals surface area contributed by atoms with Crippen LogP contribution in [-0.4, -0.2) is 112 Å². The number of piperazine rings is 2. The molecular weight excluding hydrogens is 552 g/mol. The second-order valence-electron chi connectivity index (χ2n) is 10.4. The SMILES string of the molecule is C=CC(=O)N1CCN(CCn2c(=O)ccc3cnc(Nc4ccc(N5CCN(C(=O)CCSC)CC5)cc4)nc32)CC1. The third-order valence-electron chi connectivity index (χ3n) is 7.86. The summed E-state index contributed by atoms with van der Waals surface area (Å²) in [4.78, 5) is 54.5. The largest absolute Gasteiger partial charge is 0.368 e. The lowest BCUT2D eigenvalue weighted by Crippen LogP contribution is -2.49. The maximum absolute atomic E-state index is 12.8. The molecule has 2 aromatic heterocycles. The maximum Gasteiger partial charge on any atom is 0.252 e. The molecule has 42 heavy (non-hydrogen) atoms. The van der Waals surface area contributed by atoms with Gasteiger partial charge in [-0.05, 0) is 42.7 Å². The Morgan fingerprint density at radius 2 is 1.67 bits per heavy atom. The van der Waals surface area contributed by atoms with Crippen LogP contribution in [0.25, 0.3) is 11.0 Å². The number of carbonyl (C=O) groups excluding carboxylic acids is 2. The number of hydrogen-bond donors (Lipinski definition) is 1. The van der Waals surface area contributed by atoms with E-state index >= 15 is 0 Å². The van der Waals surface area contributed by atoms with Crippen LogP contribution in [0.4, 0.5) is 17.3 Å². The van der Waals surface area contributed by atoms with Gasteiger partial charge in [-0.1, -0.05) is 6.58 Å². The van der Waals surface area contributed by atoms with E-state index in [1.165, 1.54) is 6.08 Å². The van der Waals surface area contributed by atoms with Crippen molar-refractivity contribution in [1.29, 1.82) is 0 Å². The molecule has 5 rings (SSSR count). The zero-order valence-electron chi connectivity index (χ0n) is 24.1. The molecule has 2 aliphatic rings. The standard InChI is InChI=1S/C30H38N8O3S/c1-3-26(39)36-14-11-34(12-15-36)13-20-38-28(41)9-4-23-22-31-30(33-29(23)38)32-24-5-7-25(8-6-24)35-16-18-37(19-17-35)27(40)10-21-42-2/h3-9,22H,1,10-21H2,2H3,(H,31,32,33). The van der Waals surface area contributed by atoms with Crippen molar-refractivity contribution in [3.05, 3.63) is 65.6 Å². The van der Waals surface area contributed by atoms with Crippen LogP contribution in [0, 0.1) is 0 Å². The molecule has 0 radical (unpaired) electrons. The van der Waals surface area contributed by atoms with Gasteiger partial charge in [-0.3, -0.25) is 23.9 Å². The van der Waals surface area contributed by atoms with Crippen molar-refractivity contribution in [2.45, 2.75) is 13.0 Å². The number of aromatic nitrogens is 3. The number of pyridine rings is 1. The van der Waals surface area contributed by atoms with Crippen LogP contribution in [0.2, 0.25) is 0 Å². The number of thioether (sulfide) groups is 1. The minimum absolute atomic E-state index is 0.0423. The van der Waals surface area contributed by atoms with Crippen molar-refractivity contribution in [2.75, 3.05) is 81.1 Å². The first-order valence-electron chi connectivity index (χ1n) is 14.3. The van der Waals surface area contributed by atoms with E-state index in [-0.39, 0.29) is 17.4 Å². The van der Waals surface area contributed by atoms with E-state index in [1.54, 1.807) is 39.6 Å². The molecule has 0 bridgehead atoms. The highest BCUT2D eigenvalue weighted by molar-refractivity contribution is 7.98.